The third kappa shape index (κ3) is 1.11. The third-order valence-corrected chi connectivity index (χ3v) is 3.92. The summed E-state index contributed by atoms with van der Waals surface area (Å²) in [5.74, 6) is 1.27. The van der Waals surface area contributed by atoms with Crippen LogP contribution in [0.4, 0.5) is 0 Å². The Bertz CT molecular complexity index is 298. The molecule has 0 heterocycles. The highest BCUT2D eigenvalue weighted by atomic mass is 16.3. The van der Waals surface area contributed by atoms with Crippen LogP contribution in [0.5, 0.6) is 0 Å². The summed E-state index contributed by atoms with van der Waals surface area (Å²) in [5.41, 5.74) is 1.35. The van der Waals surface area contributed by atoms with Crippen molar-refractivity contribution in [1.29, 1.82) is 5.26 Å². The molecule has 0 spiro atoms. The van der Waals surface area contributed by atoms with Crippen LogP contribution >= 0.6 is 0 Å². The summed E-state index contributed by atoms with van der Waals surface area (Å²) in [6, 6.07) is 1.89. The van der Waals surface area contributed by atoms with Crippen molar-refractivity contribution in [3.8, 4) is 6.07 Å². The minimum Gasteiger partial charge on any atom is -0.374 e. The molecule has 0 aromatic carbocycles. The number of hydrogen-bond donors (Lipinski definition) is 1. The topological polar surface area (TPSA) is 44.0 Å². The Balaban J connectivity index is 2.18. The van der Waals surface area contributed by atoms with Gasteiger partial charge in [-0.1, -0.05) is 19.9 Å². The summed E-state index contributed by atoms with van der Waals surface area (Å²) in [4.78, 5) is 0. The van der Waals surface area contributed by atoms with Gasteiger partial charge in [-0.25, -0.2) is 0 Å². The van der Waals surface area contributed by atoms with Crippen molar-refractivity contribution in [2.24, 2.45) is 17.3 Å². The fourth-order valence-electron chi connectivity index (χ4n) is 2.58. The van der Waals surface area contributed by atoms with Crippen molar-refractivity contribution in [1.82, 2.24) is 0 Å². The summed E-state index contributed by atoms with van der Waals surface area (Å²) in [6.45, 7) is 4.55. The Hall–Kier alpha value is -0.810. The van der Waals surface area contributed by atoms with Crippen molar-refractivity contribution >= 4 is 0 Å². The van der Waals surface area contributed by atoms with Gasteiger partial charge in [0.05, 0.1) is 6.07 Å². The molecule has 13 heavy (non-hydrogen) atoms. The van der Waals surface area contributed by atoms with Gasteiger partial charge in [-0.3, -0.25) is 0 Å². The summed E-state index contributed by atoms with van der Waals surface area (Å²) >= 11 is 0. The van der Waals surface area contributed by atoms with Gasteiger partial charge in [-0.15, -0.1) is 0 Å². The first-order valence-corrected chi connectivity index (χ1v) is 4.84. The second kappa shape index (κ2) is 2.59. The van der Waals surface area contributed by atoms with E-state index in [1.54, 1.807) is 0 Å². The Labute approximate surface area is 78.9 Å². The zero-order chi connectivity index (χ0) is 9.64. The van der Waals surface area contributed by atoms with E-state index < -0.39 is 6.10 Å². The van der Waals surface area contributed by atoms with Crippen LogP contribution < -0.4 is 0 Å². The molecule has 0 aromatic heterocycles. The van der Waals surface area contributed by atoms with Gasteiger partial charge >= 0.3 is 0 Å². The molecule has 2 nitrogen and oxygen atoms in total. The van der Waals surface area contributed by atoms with Gasteiger partial charge in [0.15, 0.2) is 6.10 Å². The minimum atomic E-state index is -0.860. The van der Waals surface area contributed by atoms with Crippen molar-refractivity contribution in [2.75, 3.05) is 0 Å². The molecule has 3 rings (SSSR count). The van der Waals surface area contributed by atoms with Crippen LogP contribution in [0.1, 0.15) is 26.7 Å². The number of nitriles is 1. The molecular weight excluding hydrogens is 162 g/mol. The van der Waals surface area contributed by atoms with Crippen molar-refractivity contribution in [2.45, 2.75) is 32.8 Å². The Morgan fingerprint density at radius 3 is 2.77 bits per heavy atom. The van der Waals surface area contributed by atoms with Crippen LogP contribution in [0.3, 0.4) is 0 Å². The van der Waals surface area contributed by atoms with E-state index in [1.807, 2.05) is 6.07 Å². The second-order valence-electron chi connectivity index (χ2n) is 4.84. The lowest BCUT2D eigenvalue weighted by molar-refractivity contribution is -0.00572. The lowest BCUT2D eigenvalue weighted by atomic mass is 9.50. The number of fused-ring (bicyclic) bond motifs is 1. The Kier molecular flexibility index (Phi) is 1.75. The fraction of sp³-hybridized carbons (Fsp3) is 0.727. The molecule has 0 radical (unpaired) electrons. The first-order chi connectivity index (χ1) is 6.05. The monoisotopic (exact) mass is 177 g/mol. The molecule has 2 bridgehead atoms. The SMILES string of the molecule is CC1(C)[C@H]2CC(C(O)C#N)=C[C@@H]1C2. The summed E-state index contributed by atoms with van der Waals surface area (Å²) in [7, 11) is 0. The standard InChI is InChI=1S/C11H15NO/c1-11(2)8-3-7(10(13)6-12)4-9(11)5-8/h3,8-10,13H,4-5H2,1-2H3/t8-,9+,10?/m1/s1. The average Bonchev–Trinajstić information content (AvgIpc) is 2.16. The van der Waals surface area contributed by atoms with Crippen LogP contribution in [-0.4, -0.2) is 11.2 Å². The van der Waals surface area contributed by atoms with Crippen LogP contribution in [0.15, 0.2) is 11.6 Å². The van der Waals surface area contributed by atoms with Crippen molar-refractivity contribution < 1.29 is 5.11 Å². The van der Waals surface area contributed by atoms with Gasteiger partial charge in [0.1, 0.15) is 0 Å². The zero-order valence-electron chi connectivity index (χ0n) is 8.12. The molecule has 3 atom stereocenters. The molecule has 70 valence electrons. The quantitative estimate of drug-likeness (QED) is 0.491. The number of aliphatic hydroxyl groups excluding tert-OH is 1. The maximum absolute atomic E-state index is 9.36. The highest BCUT2D eigenvalue weighted by molar-refractivity contribution is 5.27. The minimum absolute atomic E-state index is 0.401. The predicted molar refractivity (Wildman–Crippen MR) is 49.7 cm³/mol. The highest BCUT2D eigenvalue weighted by Gasteiger charge is 2.50. The molecule has 0 saturated heterocycles. The number of rotatable bonds is 1. The fourth-order valence-corrected chi connectivity index (χ4v) is 2.58. The maximum atomic E-state index is 9.36. The Morgan fingerprint density at radius 1 is 1.69 bits per heavy atom. The van der Waals surface area contributed by atoms with E-state index >= 15 is 0 Å². The highest BCUT2D eigenvalue weighted by Crippen LogP contribution is 2.58. The van der Waals surface area contributed by atoms with Crippen LogP contribution in [0.2, 0.25) is 0 Å². The largest absolute Gasteiger partial charge is 0.374 e. The molecule has 1 fully saturated rings. The zero-order valence-corrected chi connectivity index (χ0v) is 8.12. The molecule has 1 N–H and O–H groups in total. The molecule has 1 unspecified atom stereocenters. The third-order valence-electron chi connectivity index (χ3n) is 3.92. The summed E-state index contributed by atoms with van der Waals surface area (Å²) in [6.07, 6.45) is 3.42. The molecule has 3 aliphatic carbocycles. The van der Waals surface area contributed by atoms with E-state index in [4.69, 9.17) is 5.26 Å². The van der Waals surface area contributed by atoms with E-state index in [0.29, 0.717) is 17.3 Å². The maximum Gasteiger partial charge on any atom is 0.161 e. The van der Waals surface area contributed by atoms with E-state index in [1.165, 1.54) is 6.42 Å². The van der Waals surface area contributed by atoms with Gasteiger partial charge < -0.3 is 5.11 Å². The molecule has 0 aliphatic heterocycles. The first kappa shape index (κ1) is 8.77. The van der Waals surface area contributed by atoms with Crippen LogP contribution in [0.25, 0.3) is 0 Å². The molecule has 1 saturated carbocycles. The van der Waals surface area contributed by atoms with Gasteiger partial charge in [0.25, 0.3) is 0 Å². The molecule has 0 aromatic rings. The molecular formula is C11H15NO. The number of aliphatic hydroxyl groups is 1. The summed E-state index contributed by atoms with van der Waals surface area (Å²) in [5, 5.41) is 17.9. The molecule has 3 aliphatic rings. The van der Waals surface area contributed by atoms with Gasteiger partial charge in [0, 0.05) is 0 Å². The Morgan fingerprint density at radius 2 is 2.38 bits per heavy atom. The van der Waals surface area contributed by atoms with E-state index in [2.05, 4.69) is 19.9 Å². The van der Waals surface area contributed by atoms with E-state index in [9.17, 15) is 5.11 Å². The number of nitrogens with zero attached hydrogens (tertiary/aromatic N) is 1. The first-order valence-electron chi connectivity index (χ1n) is 4.84. The van der Waals surface area contributed by atoms with Gasteiger partial charge in [-0.05, 0) is 35.7 Å². The van der Waals surface area contributed by atoms with Crippen LogP contribution in [-0.2, 0) is 0 Å². The lowest BCUT2D eigenvalue weighted by Crippen LogP contribution is -2.47. The average molecular weight is 177 g/mol. The molecule has 2 heteroatoms. The predicted octanol–water partition coefficient (Wildman–Crippen LogP) is 1.86. The van der Waals surface area contributed by atoms with Crippen LogP contribution in [0, 0.1) is 28.6 Å². The van der Waals surface area contributed by atoms with Gasteiger partial charge in [-0.2, -0.15) is 5.26 Å². The van der Waals surface area contributed by atoms with E-state index in [-0.39, 0.29) is 0 Å². The van der Waals surface area contributed by atoms with E-state index in [0.717, 1.165) is 12.0 Å². The number of allylic oxidation sites excluding steroid dienone is 1. The van der Waals surface area contributed by atoms with Crippen molar-refractivity contribution in [3.63, 3.8) is 0 Å². The summed E-state index contributed by atoms with van der Waals surface area (Å²) < 4.78 is 0. The number of hydrogen-bond acceptors (Lipinski definition) is 2. The van der Waals surface area contributed by atoms with Crippen molar-refractivity contribution in [3.05, 3.63) is 11.6 Å². The lowest BCUT2D eigenvalue weighted by Gasteiger charge is -2.55. The second-order valence-corrected chi connectivity index (χ2v) is 4.84. The smallest absolute Gasteiger partial charge is 0.161 e. The molecule has 0 amide bonds. The van der Waals surface area contributed by atoms with Gasteiger partial charge in [0.2, 0.25) is 0 Å². The normalized spacial score (nSPS) is 36.9.